The van der Waals surface area contributed by atoms with Crippen LogP contribution >= 0.6 is 15.9 Å². The summed E-state index contributed by atoms with van der Waals surface area (Å²) >= 11 is 3.47. The van der Waals surface area contributed by atoms with Crippen molar-refractivity contribution < 1.29 is 9.53 Å². The van der Waals surface area contributed by atoms with E-state index in [9.17, 15) is 4.79 Å². The number of rotatable bonds is 5. The standard InChI is InChI=1S/C20H20BrN3O2/c1-13-7-9-15(10-8-13)11-24-12-17(21)19(23-24)22-20(25)16-5-4-6-18(26-3)14(16)2/h4-10,12H,11H2,1-3H3,(H,22,23,25). The molecule has 134 valence electrons. The van der Waals surface area contributed by atoms with Crippen molar-refractivity contribution in [2.24, 2.45) is 0 Å². The number of aryl methyl sites for hydroxylation is 1. The minimum absolute atomic E-state index is 0.220. The fourth-order valence-electron chi connectivity index (χ4n) is 2.70. The zero-order chi connectivity index (χ0) is 18.7. The van der Waals surface area contributed by atoms with Crippen molar-refractivity contribution in [1.82, 2.24) is 9.78 Å². The highest BCUT2D eigenvalue weighted by atomic mass is 79.9. The number of hydrogen-bond donors (Lipinski definition) is 1. The fraction of sp³-hybridized carbons (Fsp3) is 0.200. The van der Waals surface area contributed by atoms with Gasteiger partial charge in [0.15, 0.2) is 5.82 Å². The molecule has 5 nitrogen and oxygen atoms in total. The van der Waals surface area contributed by atoms with Crippen LogP contribution in [0.15, 0.2) is 53.1 Å². The molecule has 0 saturated carbocycles. The Morgan fingerprint density at radius 2 is 1.92 bits per heavy atom. The molecule has 0 aliphatic rings. The van der Waals surface area contributed by atoms with Gasteiger partial charge < -0.3 is 10.1 Å². The van der Waals surface area contributed by atoms with Crippen LogP contribution in [-0.4, -0.2) is 22.8 Å². The van der Waals surface area contributed by atoms with E-state index in [4.69, 9.17) is 4.74 Å². The van der Waals surface area contributed by atoms with Crippen molar-refractivity contribution in [3.05, 3.63) is 75.4 Å². The first-order chi connectivity index (χ1) is 12.5. The van der Waals surface area contributed by atoms with E-state index >= 15 is 0 Å². The predicted octanol–water partition coefficient (Wildman–Crippen LogP) is 4.57. The second-order valence-corrected chi connectivity index (χ2v) is 6.95. The largest absolute Gasteiger partial charge is 0.496 e. The molecule has 0 atom stereocenters. The number of nitrogens with one attached hydrogen (secondary N) is 1. The molecular weight excluding hydrogens is 394 g/mol. The van der Waals surface area contributed by atoms with Crippen LogP contribution in [0.2, 0.25) is 0 Å². The second-order valence-electron chi connectivity index (χ2n) is 6.10. The Bertz CT molecular complexity index is 933. The molecule has 1 aromatic heterocycles. The number of benzene rings is 2. The van der Waals surface area contributed by atoms with Gasteiger partial charge in [-0.15, -0.1) is 0 Å². The summed E-state index contributed by atoms with van der Waals surface area (Å²) in [7, 11) is 1.59. The summed E-state index contributed by atoms with van der Waals surface area (Å²) in [5.41, 5.74) is 3.72. The summed E-state index contributed by atoms with van der Waals surface area (Å²) in [6.45, 7) is 4.55. The SMILES string of the molecule is COc1cccc(C(=O)Nc2nn(Cc3ccc(C)cc3)cc2Br)c1C. The van der Waals surface area contributed by atoms with E-state index in [0.29, 0.717) is 23.7 Å². The number of hydrogen-bond acceptors (Lipinski definition) is 3. The first-order valence-corrected chi connectivity index (χ1v) is 9.00. The zero-order valence-corrected chi connectivity index (χ0v) is 16.5. The highest BCUT2D eigenvalue weighted by Gasteiger charge is 2.15. The monoisotopic (exact) mass is 413 g/mol. The number of nitrogens with zero attached hydrogens (tertiary/aromatic N) is 2. The van der Waals surface area contributed by atoms with Crippen LogP contribution in [0, 0.1) is 13.8 Å². The van der Waals surface area contributed by atoms with Gasteiger partial charge in [0.05, 0.1) is 18.1 Å². The van der Waals surface area contributed by atoms with Crippen LogP contribution in [0.4, 0.5) is 5.82 Å². The summed E-state index contributed by atoms with van der Waals surface area (Å²) < 4.78 is 7.81. The van der Waals surface area contributed by atoms with Gasteiger partial charge in [0, 0.05) is 17.3 Å². The molecule has 0 aliphatic heterocycles. The third kappa shape index (κ3) is 3.96. The van der Waals surface area contributed by atoms with Crippen LogP contribution in [0.3, 0.4) is 0 Å². The summed E-state index contributed by atoms with van der Waals surface area (Å²) in [6.07, 6.45) is 1.86. The molecule has 0 spiro atoms. The van der Waals surface area contributed by atoms with E-state index in [0.717, 1.165) is 15.6 Å². The first-order valence-electron chi connectivity index (χ1n) is 8.21. The number of carbonyl (C=O) groups is 1. The Kier molecular flexibility index (Phi) is 5.42. The Morgan fingerprint density at radius 3 is 2.62 bits per heavy atom. The van der Waals surface area contributed by atoms with Gasteiger partial charge in [0.1, 0.15) is 5.75 Å². The van der Waals surface area contributed by atoms with E-state index in [-0.39, 0.29) is 5.91 Å². The van der Waals surface area contributed by atoms with Crippen molar-refractivity contribution in [3.8, 4) is 5.75 Å². The maximum absolute atomic E-state index is 12.6. The number of anilines is 1. The van der Waals surface area contributed by atoms with Gasteiger partial charge in [-0.25, -0.2) is 0 Å². The lowest BCUT2D eigenvalue weighted by molar-refractivity contribution is 0.102. The van der Waals surface area contributed by atoms with Crippen molar-refractivity contribution in [1.29, 1.82) is 0 Å². The lowest BCUT2D eigenvalue weighted by Crippen LogP contribution is -2.15. The van der Waals surface area contributed by atoms with Gasteiger partial charge in [-0.3, -0.25) is 9.48 Å². The van der Waals surface area contributed by atoms with Crippen molar-refractivity contribution in [2.75, 3.05) is 12.4 Å². The van der Waals surface area contributed by atoms with Crippen molar-refractivity contribution in [3.63, 3.8) is 0 Å². The molecule has 26 heavy (non-hydrogen) atoms. The molecule has 3 aromatic rings. The minimum Gasteiger partial charge on any atom is -0.496 e. The number of amides is 1. The molecule has 0 fully saturated rings. The molecule has 1 heterocycles. The first kappa shape index (κ1) is 18.2. The molecule has 0 saturated heterocycles. The molecule has 0 bridgehead atoms. The van der Waals surface area contributed by atoms with Gasteiger partial charge in [-0.1, -0.05) is 35.9 Å². The number of methoxy groups -OCH3 is 1. The van der Waals surface area contributed by atoms with Crippen LogP contribution < -0.4 is 10.1 Å². The minimum atomic E-state index is -0.220. The normalized spacial score (nSPS) is 10.6. The van der Waals surface area contributed by atoms with Crippen LogP contribution in [-0.2, 0) is 6.54 Å². The van der Waals surface area contributed by atoms with E-state index in [2.05, 4.69) is 57.5 Å². The summed E-state index contributed by atoms with van der Waals surface area (Å²) in [5.74, 6) is 0.952. The van der Waals surface area contributed by atoms with Gasteiger partial charge >= 0.3 is 0 Å². The third-order valence-corrected chi connectivity index (χ3v) is 4.74. The Labute approximate surface area is 161 Å². The molecular formula is C20H20BrN3O2. The fourth-order valence-corrected chi connectivity index (χ4v) is 3.11. The zero-order valence-electron chi connectivity index (χ0n) is 14.9. The van der Waals surface area contributed by atoms with E-state index in [1.165, 1.54) is 5.56 Å². The lowest BCUT2D eigenvalue weighted by atomic mass is 10.1. The molecule has 0 radical (unpaired) electrons. The van der Waals surface area contributed by atoms with Crippen molar-refractivity contribution in [2.45, 2.75) is 20.4 Å². The lowest BCUT2D eigenvalue weighted by Gasteiger charge is -2.09. The van der Waals surface area contributed by atoms with E-state index in [1.54, 1.807) is 23.9 Å². The van der Waals surface area contributed by atoms with Crippen molar-refractivity contribution >= 4 is 27.7 Å². The second kappa shape index (κ2) is 7.74. The highest BCUT2D eigenvalue weighted by Crippen LogP contribution is 2.24. The van der Waals surface area contributed by atoms with Crippen LogP contribution in [0.5, 0.6) is 5.75 Å². The summed E-state index contributed by atoms with van der Waals surface area (Å²) in [5, 5.41) is 7.33. The quantitative estimate of drug-likeness (QED) is 0.666. The number of carbonyl (C=O) groups excluding carboxylic acids is 1. The van der Waals surface area contributed by atoms with Gasteiger partial charge in [-0.2, -0.15) is 5.10 Å². The number of halogens is 1. The summed E-state index contributed by atoms with van der Waals surface area (Å²) in [4.78, 5) is 12.6. The Balaban J connectivity index is 1.77. The molecule has 0 unspecified atom stereocenters. The van der Waals surface area contributed by atoms with Gasteiger partial charge in [-0.05, 0) is 47.5 Å². The topological polar surface area (TPSA) is 56.1 Å². The molecule has 0 aliphatic carbocycles. The molecule has 3 rings (SSSR count). The molecule has 1 N–H and O–H groups in total. The van der Waals surface area contributed by atoms with Crippen LogP contribution in [0.1, 0.15) is 27.0 Å². The smallest absolute Gasteiger partial charge is 0.257 e. The Morgan fingerprint density at radius 1 is 1.19 bits per heavy atom. The van der Waals surface area contributed by atoms with Crippen LogP contribution in [0.25, 0.3) is 0 Å². The Hall–Kier alpha value is -2.60. The molecule has 1 amide bonds. The number of ether oxygens (including phenoxy) is 1. The highest BCUT2D eigenvalue weighted by molar-refractivity contribution is 9.10. The molecule has 6 heteroatoms. The summed E-state index contributed by atoms with van der Waals surface area (Å²) in [6, 6.07) is 13.7. The maximum atomic E-state index is 12.6. The van der Waals surface area contributed by atoms with Gasteiger partial charge in [0.2, 0.25) is 0 Å². The average Bonchev–Trinajstić information content (AvgIpc) is 2.96. The maximum Gasteiger partial charge on any atom is 0.257 e. The third-order valence-electron chi connectivity index (χ3n) is 4.16. The molecule has 2 aromatic carbocycles. The predicted molar refractivity (Wildman–Crippen MR) is 106 cm³/mol. The van der Waals surface area contributed by atoms with E-state index < -0.39 is 0 Å². The van der Waals surface area contributed by atoms with Gasteiger partial charge in [0.25, 0.3) is 5.91 Å². The van der Waals surface area contributed by atoms with E-state index in [1.807, 2.05) is 19.2 Å². The number of aromatic nitrogens is 2. The average molecular weight is 414 g/mol.